The van der Waals surface area contributed by atoms with Crippen LogP contribution in [0.3, 0.4) is 0 Å². The summed E-state index contributed by atoms with van der Waals surface area (Å²) in [6.45, 7) is 1.63. The molecule has 140 valence electrons. The van der Waals surface area contributed by atoms with Gasteiger partial charge in [0.15, 0.2) is 0 Å². The smallest absolute Gasteiger partial charge is 0.286 e. The Kier molecular flexibility index (Phi) is 6.90. The highest BCUT2D eigenvalue weighted by Crippen LogP contribution is 2.17. The highest BCUT2D eigenvalue weighted by molar-refractivity contribution is 7.96. The molecule has 0 amide bonds. The van der Waals surface area contributed by atoms with Gasteiger partial charge in [0.1, 0.15) is 0 Å². The first-order chi connectivity index (χ1) is 12.9. The van der Waals surface area contributed by atoms with Crippen molar-refractivity contribution in [3.05, 3.63) is 106 Å². The van der Waals surface area contributed by atoms with E-state index in [4.69, 9.17) is 0 Å². The van der Waals surface area contributed by atoms with Gasteiger partial charge in [-0.2, -0.15) is 0 Å². The fraction of sp³-hybridized carbons (Fsp3) is 0.0526. The molecule has 0 saturated heterocycles. The Hall–Kier alpha value is -3.39. The number of hydrogen-bond acceptors (Lipinski definition) is 5. The lowest BCUT2D eigenvalue weighted by Gasteiger charge is -2.08. The van der Waals surface area contributed by atoms with Crippen molar-refractivity contribution in [1.29, 1.82) is 0 Å². The standard InChI is InChI=1S/C19H19N3O4S/c1-2-9-19(27(25,26)21-17-12-7-4-8-13-17)14-18(22(23)24)15-20-16-10-5-3-6-11-16/h2-15,20-21H,1H3/b9-2-,18-15-,19-14+. The van der Waals surface area contributed by atoms with Crippen LogP contribution < -0.4 is 10.0 Å². The average molecular weight is 385 g/mol. The number of sulfonamides is 1. The van der Waals surface area contributed by atoms with Crippen LogP contribution in [-0.4, -0.2) is 13.3 Å². The third-order valence-corrected chi connectivity index (χ3v) is 4.71. The van der Waals surface area contributed by atoms with Gasteiger partial charge in [-0.05, 0) is 37.3 Å². The third-order valence-electron chi connectivity index (χ3n) is 3.33. The van der Waals surface area contributed by atoms with Crippen LogP contribution in [0, 0.1) is 10.1 Å². The van der Waals surface area contributed by atoms with Gasteiger partial charge >= 0.3 is 0 Å². The van der Waals surface area contributed by atoms with Crippen molar-refractivity contribution in [2.24, 2.45) is 0 Å². The molecular weight excluding hydrogens is 366 g/mol. The van der Waals surface area contributed by atoms with E-state index < -0.39 is 20.6 Å². The fourth-order valence-corrected chi connectivity index (χ4v) is 3.24. The van der Waals surface area contributed by atoms with Crippen LogP contribution in [0.5, 0.6) is 0 Å². The summed E-state index contributed by atoms with van der Waals surface area (Å²) in [6.07, 6.45) is 4.95. The molecule has 0 aliphatic rings. The second-order valence-electron chi connectivity index (χ2n) is 5.35. The molecule has 0 unspecified atom stereocenters. The lowest BCUT2D eigenvalue weighted by atomic mass is 10.3. The van der Waals surface area contributed by atoms with Crippen LogP contribution in [-0.2, 0) is 10.0 Å². The molecule has 0 aromatic heterocycles. The van der Waals surface area contributed by atoms with Gasteiger partial charge in [0.2, 0.25) is 0 Å². The van der Waals surface area contributed by atoms with E-state index in [0.29, 0.717) is 11.4 Å². The first-order valence-corrected chi connectivity index (χ1v) is 9.49. The second-order valence-corrected chi connectivity index (χ2v) is 7.04. The van der Waals surface area contributed by atoms with E-state index in [1.54, 1.807) is 61.5 Å². The molecule has 2 aromatic carbocycles. The van der Waals surface area contributed by atoms with Crippen LogP contribution in [0.1, 0.15) is 6.92 Å². The van der Waals surface area contributed by atoms with Gasteiger partial charge in [-0.15, -0.1) is 0 Å². The molecule has 0 aliphatic heterocycles. The zero-order valence-electron chi connectivity index (χ0n) is 14.6. The van der Waals surface area contributed by atoms with E-state index in [1.165, 1.54) is 12.2 Å². The van der Waals surface area contributed by atoms with Crippen molar-refractivity contribution in [3.8, 4) is 0 Å². The largest absolute Gasteiger partial charge is 0.356 e. The van der Waals surface area contributed by atoms with Crippen molar-refractivity contribution in [3.63, 3.8) is 0 Å². The van der Waals surface area contributed by atoms with E-state index in [1.807, 2.05) is 6.07 Å². The molecule has 27 heavy (non-hydrogen) atoms. The minimum absolute atomic E-state index is 0.230. The minimum atomic E-state index is -4.00. The Morgan fingerprint density at radius 3 is 2.07 bits per heavy atom. The maximum absolute atomic E-state index is 12.6. The number of rotatable bonds is 8. The molecule has 7 nitrogen and oxygen atoms in total. The van der Waals surface area contributed by atoms with Gasteiger partial charge < -0.3 is 5.32 Å². The Balaban J connectivity index is 2.35. The predicted octanol–water partition coefficient (Wildman–Crippen LogP) is 4.12. The van der Waals surface area contributed by atoms with E-state index in [2.05, 4.69) is 10.0 Å². The van der Waals surface area contributed by atoms with Crippen LogP contribution in [0.15, 0.2) is 95.7 Å². The van der Waals surface area contributed by atoms with Crippen molar-refractivity contribution >= 4 is 21.4 Å². The molecule has 0 radical (unpaired) electrons. The number of nitrogens with one attached hydrogen (secondary N) is 2. The number of para-hydroxylation sites is 2. The number of nitro groups is 1. The quantitative estimate of drug-likeness (QED) is 0.404. The van der Waals surface area contributed by atoms with Crippen molar-refractivity contribution < 1.29 is 13.3 Å². The monoisotopic (exact) mass is 385 g/mol. The molecule has 2 rings (SSSR count). The molecule has 8 heteroatoms. The summed E-state index contributed by atoms with van der Waals surface area (Å²) in [6, 6.07) is 17.1. The number of nitrogens with zero attached hydrogens (tertiary/aromatic N) is 1. The van der Waals surface area contributed by atoms with Gasteiger partial charge in [0, 0.05) is 17.5 Å². The van der Waals surface area contributed by atoms with E-state index in [-0.39, 0.29) is 4.91 Å². The third kappa shape index (κ3) is 6.12. The topological polar surface area (TPSA) is 101 Å². The highest BCUT2D eigenvalue weighted by atomic mass is 32.2. The van der Waals surface area contributed by atoms with Gasteiger partial charge in [-0.25, -0.2) is 8.42 Å². The zero-order valence-corrected chi connectivity index (χ0v) is 15.4. The second kappa shape index (κ2) is 9.35. The summed E-state index contributed by atoms with van der Waals surface area (Å²) in [5, 5.41) is 14.1. The van der Waals surface area contributed by atoms with E-state index in [0.717, 1.165) is 12.3 Å². The summed E-state index contributed by atoms with van der Waals surface area (Å²) >= 11 is 0. The molecule has 0 aliphatic carbocycles. The Morgan fingerprint density at radius 2 is 1.56 bits per heavy atom. The molecule has 0 heterocycles. The van der Waals surface area contributed by atoms with Crippen molar-refractivity contribution in [1.82, 2.24) is 0 Å². The van der Waals surface area contributed by atoms with Gasteiger partial charge in [0.05, 0.1) is 16.0 Å². The van der Waals surface area contributed by atoms with Crippen LogP contribution in [0.4, 0.5) is 11.4 Å². The maximum Gasteiger partial charge on any atom is 0.286 e. The number of benzene rings is 2. The number of anilines is 2. The van der Waals surface area contributed by atoms with Gasteiger partial charge in [-0.1, -0.05) is 42.5 Å². The lowest BCUT2D eigenvalue weighted by Crippen LogP contribution is -2.15. The summed E-state index contributed by atoms with van der Waals surface area (Å²) < 4.78 is 27.6. The minimum Gasteiger partial charge on any atom is -0.356 e. The molecule has 0 atom stereocenters. The van der Waals surface area contributed by atoms with Gasteiger partial charge in [-0.3, -0.25) is 14.8 Å². The normalized spacial score (nSPS) is 12.8. The first-order valence-electron chi connectivity index (χ1n) is 8.01. The zero-order chi connectivity index (χ0) is 19.7. The molecule has 0 fully saturated rings. The predicted molar refractivity (Wildman–Crippen MR) is 107 cm³/mol. The Bertz CT molecular complexity index is 967. The molecule has 0 saturated carbocycles. The van der Waals surface area contributed by atoms with E-state index >= 15 is 0 Å². The van der Waals surface area contributed by atoms with Gasteiger partial charge in [0.25, 0.3) is 15.7 Å². The van der Waals surface area contributed by atoms with Crippen molar-refractivity contribution in [2.45, 2.75) is 6.92 Å². The fourth-order valence-electron chi connectivity index (χ4n) is 2.08. The molecule has 0 bridgehead atoms. The summed E-state index contributed by atoms with van der Waals surface area (Å²) in [5.41, 5.74) is 0.607. The molecular formula is C19H19N3O4S. The average Bonchev–Trinajstić information content (AvgIpc) is 2.65. The number of hydrogen-bond donors (Lipinski definition) is 2. The SMILES string of the molecule is C\C=C/C(=C\C(=C\Nc1ccccc1)[N+](=O)[O-])S(=O)(=O)Nc1ccccc1. The highest BCUT2D eigenvalue weighted by Gasteiger charge is 2.19. The summed E-state index contributed by atoms with van der Waals surface area (Å²) in [7, 11) is -4.00. The summed E-state index contributed by atoms with van der Waals surface area (Å²) in [5.74, 6) is 0. The van der Waals surface area contributed by atoms with E-state index in [9.17, 15) is 18.5 Å². The van der Waals surface area contributed by atoms with Crippen molar-refractivity contribution in [2.75, 3.05) is 10.0 Å². The molecule has 2 aromatic rings. The maximum atomic E-state index is 12.6. The Labute approximate surface area is 157 Å². The first kappa shape index (κ1) is 19.9. The van der Waals surface area contributed by atoms with Crippen LogP contribution >= 0.6 is 0 Å². The Morgan fingerprint density at radius 1 is 1.00 bits per heavy atom. The number of allylic oxidation sites excluding steroid dienone is 3. The molecule has 2 N–H and O–H groups in total. The summed E-state index contributed by atoms with van der Waals surface area (Å²) in [4.78, 5) is 10.5. The van der Waals surface area contributed by atoms with Crippen LogP contribution in [0.2, 0.25) is 0 Å². The van der Waals surface area contributed by atoms with Crippen LogP contribution in [0.25, 0.3) is 0 Å². The lowest BCUT2D eigenvalue weighted by molar-refractivity contribution is -0.419. The molecule has 0 spiro atoms.